The van der Waals surface area contributed by atoms with Gasteiger partial charge in [0.25, 0.3) is 5.91 Å². The normalized spacial score (nSPS) is 24.6. The summed E-state index contributed by atoms with van der Waals surface area (Å²) in [6, 6.07) is 3.82. The highest BCUT2D eigenvalue weighted by atomic mass is 35.5. The number of halogens is 1. The van der Waals surface area contributed by atoms with Crippen LogP contribution in [0.2, 0.25) is 0 Å². The van der Waals surface area contributed by atoms with Crippen molar-refractivity contribution in [2.75, 3.05) is 23.8 Å². The molecule has 8 heteroatoms. The Morgan fingerprint density at radius 3 is 2.59 bits per heavy atom. The standard InChI is InChI=1S/C14H19N5O2.ClH/c1-18-8-13(20)19(14(18)21)11-4-5-12(16-7-11)17-10-3-2-9(15)6-10;/h4-5,7,9-10H,2-3,6,8,15H2,1H3,(H,16,17);1H/t9-,10-;/m0./s1. The number of hydrogen-bond donors (Lipinski definition) is 2. The van der Waals surface area contributed by atoms with Gasteiger partial charge in [-0.05, 0) is 31.4 Å². The van der Waals surface area contributed by atoms with Gasteiger partial charge in [-0.3, -0.25) is 4.79 Å². The number of amides is 3. The number of carbonyl (C=O) groups excluding carboxylic acids is 2. The molecule has 3 rings (SSSR count). The van der Waals surface area contributed by atoms with Gasteiger partial charge in [-0.1, -0.05) is 0 Å². The van der Waals surface area contributed by atoms with Crippen LogP contribution in [0.3, 0.4) is 0 Å². The number of pyridine rings is 1. The Labute approximate surface area is 135 Å². The van der Waals surface area contributed by atoms with Gasteiger partial charge in [-0.2, -0.15) is 0 Å². The minimum atomic E-state index is -0.315. The summed E-state index contributed by atoms with van der Waals surface area (Å²) in [7, 11) is 1.60. The minimum Gasteiger partial charge on any atom is -0.367 e. The molecular weight excluding hydrogens is 306 g/mol. The third-order valence-electron chi connectivity index (χ3n) is 3.97. The molecule has 2 atom stereocenters. The SMILES string of the molecule is CN1CC(=O)N(c2ccc(N[C@H]3CC[C@H](N)C3)nc2)C1=O.Cl. The van der Waals surface area contributed by atoms with Crippen LogP contribution in [0.5, 0.6) is 0 Å². The fourth-order valence-electron chi connectivity index (χ4n) is 2.83. The molecule has 2 heterocycles. The molecule has 3 N–H and O–H groups in total. The van der Waals surface area contributed by atoms with Crippen LogP contribution in [-0.4, -0.2) is 47.5 Å². The average molecular weight is 326 g/mol. The number of urea groups is 1. The monoisotopic (exact) mass is 325 g/mol. The van der Waals surface area contributed by atoms with E-state index in [0.29, 0.717) is 11.7 Å². The summed E-state index contributed by atoms with van der Waals surface area (Å²) in [6.07, 6.45) is 4.56. The number of likely N-dealkylation sites (N-methyl/N-ethyl adjacent to an activating group) is 1. The van der Waals surface area contributed by atoms with Gasteiger partial charge in [0.05, 0.1) is 11.9 Å². The molecule has 3 amide bonds. The van der Waals surface area contributed by atoms with Crippen LogP contribution in [0.4, 0.5) is 16.3 Å². The van der Waals surface area contributed by atoms with Gasteiger partial charge in [-0.15, -0.1) is 12.4 Å². The van der Waals surface area contributed by atoms with E-state index in [-0.39, 0.29) is 36.9 Å². The molecule has 0 spiro atoms. The van der Waals surface area contributed by atoms with Crippen molar-refractivity contribution in [3.05, 3.63) is 18.3 Å². The van der Waals surface area contributed by atoms with Crippen molar-refractivity contribution < 1.29 is 9.59 Å². The van der Waals surface area contributed by atoms with Crippen molar-refractivity contribution in [3.63, 3.8) is 0 Å². The zero-order chi connectivity index (χ0) is 15.0. The zero-order valence-corrected chi connectivity index (χ0v) is 13.2. The van der Waals surface area contributed by atoms with Crippen molar-refractivity contribution in [2.45, 2.75) is 31.3 Å². The molecule has 0 radical (unpaired) electrons. The quantitative estimate of drug-likeness (QED) is 0.815. The van der Waals surface area contributed by atoms with Crippen molar-refractivity contribution in [3.8, 4) is 0 Å². The van der Waals surface area contributed by atoms with E-state index in [4.69, 9.17) is 5.73 Å². The number of imide groups is 1. The molecule has 1 aromatic rings. The van der Waals surface area contributed by atoms with Crippen LogP contribution in [0.1, 0.15) is 19.3 Å². The number of nitrogens with one attached hydrogen (secondary N) is 1. The second kappa shape index (κ2) is 6.50. The van der Waals surface area contributed by atoms with Gasteiger partial charge in [0.15, 0.2) is 0 Å². The number of aromatic nitrogens is 1. The molecule has 1 saturated carbocycles. The molecule has 2 fully saturated rings. The minimum absolute atomic E-state index is 0. The Hall–Kier alpha value is -1.86. The second-order valence-electron chi connectivity index (χ2n) is 5.68. The first-order valence-electron chi connectivity index (χ1n) is 7.11. The van der Waals surface area contributed by atoms with Crippen LogP contribution in [0.15, 0.2) is 18.3 Å². The predicted molar refractivity (Wildman–Crippen MR) is 86.2 cm³/mol. The van der Waals surface area contributed by atoms with Crippen molar-refractivity contribution in [1.29, 1.82) is 0 Å². The zero-order valence-electron chi connectivity index (χ0n) is 12.4. The smallest absolute Gasteiger partial charge is 0.331 e. The third-order valence-corrected chi connectivity index (χ3v) is 3.97. The number of nitrogens with zero attached hydrogens (tertiary/aromatic N) is 3. The van der Waals surface area contributed by atoms with Crippen LogP contribution in [0.25, 0.3) is 0 Å². The number of hydrogen-bond acceptors (Lipinski definition) is 5. The molecule has 22 heavy (non-hydrogen) atoms. The maximum absolute atomic E-state index is 11.9. The van der Waals surface area contributed by atoms with Gasteiger partial charge in [-0.25, -0.2) is 14.7 Å². The van der Waals surface area contributed by atoms with Gasteiger partial charge >= 0.3 is 6.03 Å². The first kappa shape index (κ1) is 16.5. The maximum atomic E-state index is 11.9. The van der Waals surface area contributed by atoms with E-state index in [9.17, 15) is 9.59 Å². The van der Waals surface area contributed by atoms with E-state index in [1.165, 1.54) is 4.90 Å². The van der Waals surface area contributed by atoms with Gasteiger partial charge in [0.1, 0.15) is 12.4 Å². The lowest BCUT2D eigenvalue weighted by Crippen LogP contribution is -2.31. The van der Waals surface area contributed by atoms with Crippen LogP contribution in [-0.2, 0) is 4.79 Å². The molecule has 1 aromatic heterocycles. The summed E-state index contributed by atoms with van der Waals surface area (Å²) in [5.41, 5.74) is 6.39. The lowest BCUT2D eigenvalue weighted by atomic mass is 10.2. The molecular formula is C14H20ClN5O2. The number of carbonyl (C=O) groups is 2. The molecule has 2 aliphatic rings. The first-order chi connectivity index (χ1) is 10.0. The number of anilines is 2. The van der Waals surface area contributed by atoms with E-state index in [2.05, 4.69) is 10.3 Å². The van der Waals surface area contributed by atoms with Crippen molar-refractivity contribution in [1.82, 2.24) is 9.88 Å². The highest BCUT2D eigenvalue weighted by molar-refractivity contribution is 6.19. The summed E-state index contributed by atoms with van der Waals surface area (Å²) < 4.78 is 0. The lowest BCUT2D eigenvalue weighted by molar-refractivity contribution is -0.116. The molecule has 7 nitrogen and oxygen atoms in total. The van der Waals surface area contributed by atoms with Gasteiger partial charge < -0.3 is 16.0 Å². The van der Waals surface area contributed by atoms with E-state index >= 15 is 0 Å². The largest absolute Gasteiger partial charge is 0.367 e. The topological polar surface area (TPSA) is 91.6 Å². The van der Waals surface area contributed by atoms with Gasteiger partial charge in [0.2, 0.25) is 0 Å². The van der Waals surface area contributed by atoms with Crippen LogP contribution in [0, 0.1) is 0 Å². The molecule has 0 bridgehead atoms. The second-order valence-corrected chi connectivity index (χ2v) is 5.68. The first-order valence-corrected chi connectivity index (χ1v) is 7.11. The summed E-state index contributed by atoms with van der Waals surface area (Å²) in [4.78, 5) is 30.5. The van der Waals surface area contributed by atoms with E-state index in [0.717, 1.165) is 30.0 Å². The van der Waals surface area contributed by atoms with Crippen molar-refractivity contribution in [2.24, 2.45) is 5.73 Å². The Morgan fingerprint density at radius 2 is 2.09 bits per heavy atom. The molecule has 1 aliphatic carbocycles. The summed E-state index contributed by atoms with van der Waals surface area (Å²) in [5, 5.41) is 3.33. The average Bonchev–Trinajstić information content (AvgIpc) is 2.96. The van der Waals surface area contributed by atoms with E-state index < -0.39 is 0 Å². The molecule has 0 aromatic carbocycles. The van der Waals surface area contributed by atoms with Crippen LogP contribution >= 0.6 is 12.4 Å². The van der Waals surface area contributed by atoms with E-state index in [1.54, 1.807) is 25.4 Å². The molecule has 1 aliphatic heterocycles. The molecule has 1 saturated heterocycles. The van der Waals surface area contributed by atoms with E-state index in [1.807, 2.05) is 0 Å². The Bertz CT molecular complexity index is 565. The summed E-state index contributed by atoms with van der Waals surface area (Å²) >= 11 is 0. The highest BCUT2D eigenvalue weighted by Gasteiger charge is 2.34. The van der Waals surface area contributed by atoms with Crippen molar-refractivity contribution >= 4 is 35.9 Å². The summed E-state index contributed by atoms with van der Waals surface area (Å²) in [6.45, 7) is 0.110. The Balaban J connectivity index is 0.00000176. The van der Waals surface area contributed by atoms with Gasteiger partial charge in [0, 0.05) is 19.1 Å². The number of rotatable bonds is 3. The maximum Gasteiger partial charge on any atom is 0.331 e. The fraction of sp³-hybridized carbons (Fsp3) is 0.500. The van der Waals surface area contributed by atoms with Crippen LogP contribution < -0.4 is 16.0 Å². The molecule has 120 valence electrons. The Kier molecular flexibility index (Phi) is 4.87. The lowest BCUT2D eigenvalue weighted by Gasteiger charge is -2.16. The predicted octanol–water partition coefficient (Wildman–Crippen LogP) is 1.19. The summed E-state index contributed by atoms with van der Waals surface area (Å²) in [5.74, 6) is 0.511. The highest BCUT2D eigenvalue weighted by Crippen LogP contribution is 2.23. The third kappa shape index (κ3) is 3.15. The Morgan fingerprint density at radius 1 is 1.32 bits per heavy atom. The fourth-order valence-corrected chi connectivity index (χ4v) is 2.83. The number of nitrogens with two attached hydrogens (primary N) is 1. The molecule has 0 unspecified atom stereocenters.